The number of guanidine groups is 1. The van der Waals surface area contributed by atoms with Gasteiger partial charge in [0.1, 0.15) is 0 Å². The molecule has 0 aliphatic rings. The number of aliphatic imine (C=N–C) groups is 1. The molecule has 0 spiro atoms. The summed E-state index contributed by atoms with van der Waals surface area (Å²) in [5.41, 5.74) is 0.0930. The van der Waals surface area contributed by atoms with Gasteiger partial charge in [0.25, 0.3) is 0 Å². The van der Waals surface area contributed by atoms with Gasteiger partial charge in [-0.25, -0.2) is 0 Å². The van der Waals surface area contributed by atoms with Gasteiger partial charge in [-0.15, -0.1) is 0 Å². The molecule has 0 aromatic heterocycles. The highest BCUT2D eigenvalue weighted by molar-refractivity contribution is 5.79. The number of ether oxygens (including phenoxy) is 3. The summed E-state index contributed by atoms with van der Waals surface area (Å²) in [5.74, 6) is 0.790. The van der Waals surface area contributed by atoms with Crippen molar-refractivity contribution in [1.82, 2.24) is 10.6 Å². The summed E-state index contributed by atoms with van der Waals surface area (Å²) in [6.07, 6.45) is 1.06. The molecule has 0 aliphatic heterocycles. The number of hydrogen-bond donors (Lipinski definition) is 2. The third-order valence-corrected chi connectivity index (χ3v) is 3.12. The molecule has 0 saturated carbocycles. The molecule has 0 amide bonds. The van der Waals surface area contributed by atoms with Crippen LogP contribution in [0, 0.1) is 5.41 Å². The zero-order valence-corrected chi connectivity index (χ0v) is 14.5. The van der Waals surface area contributed by atoms with Crippen LogP contribution < -0.4 is 10.6 Å². The standard InChI is InChI=1S/C15H33N3O3/c1-15(2,3)13(20-6)12-18-14(16-4)17-8-7-9-21-11-10-19-5/h13H,7-12H2,1-6H3,(H2,16,17,18). The molecular formula is C15H33N3O3. The first kappa shape index (κ1) is 20.1. The normalized spacial score (nSPS) is 14.1. The van der Waals surface area contributed by atoms with Crippen molar-refractivity contribution in [3.63, 3.8) is 0 Å². The molecule has 2 N–H and O–H groups in total. The van der Waals surface area contributed by atoms with Gasteiger partial charge in [-0.3, -0.25) is 4.99 Å². The number of nitrogens with one attached hydrogen (secondary N) is 2. The van der Waals surface area contributed by atoms with E-state index in [0.717, 1.165) is 32.1 Å². The van der Waals surface area contributed by atoms with E-state index < -0.39 is 0 Å². The van der Waals surface area contributed by atoms with Crippen molar-refractivity contribution in [2.75, 3.05) is 54.2 Å². The fraction of sp³-hybridized carbons (Fsp3) is 0.933. The number of methoxy groups -OCH3 is 2. The second kappa shape index (κ2) is 11.8. The van der Waals surface area contributed by atoms with Gasteiger partial charge >= 0.3 is 0 Å². The Balaban J connectivity index is 3.82. The zero-order chi connectivity index (χ0) is 16.1. The largest absolute Gasteiger partial charge is 0.382 e. The van der Waals surface area contributed by atoms with Crippen molar-refractivity contribution < 1.29 is 14.2 Å². The van der Waals surface area contributed by atoms with Gasteiger partial charge in [0.05, 0.1) is 19.3 Å². The average Bonchev–Trinajstić information content (AvgIpc) is 2.43. The van der Waals surface area contributed by atoms with Crippen LogP contribution in [0.1, 0.15) is 27.2 Å². The highest BCUT2D eigenvalue weighted by atomic mass is 16.5. The molecule has 1 atom stereocenters. The Hall–Kier alpha value is -0.850. The quantitative estimate of drug-likeness (QED) is 0.361. The minimum atomic E-state index is 0.0930. The molecule has 0 aromatic rings. The van der Waals surface area contributed by atoms with Crippen molar-refractivity contribution >= 4 is 5.96 Å². The van der Waals surface area contributed by atoms with E-state index in [1.807, 2.05) is 0 Å². The molecule has 0 bridgehead atoms. The summed E-state index contributed by atoms with van der Waals surface area (Å²) in [5, 5.41) is 6.55. The fourth-order valence-electron chi connectivity index (χ4n) is 1.78. The van der Waals surface area contributed by atoms with Crippen molar-refractivity contribution in [1.29, 1.82) is 0 Å². The van der Waals surface area contributed by atoms with Gasteiger partial charge in [-0.1, -0.05) is 20.8 Å². The number of rotatable bonds is 10. The maximum atomic E-state index is 5.51. The van der Waals surface area contributed by atoms with Crippen LogP contribution in [-0.2, 0) is 14.2 Å². The van der Waals surface area contributed by atoms with E-state index in [0.29, 0.717) is 13.2 Å². The second-order valence-corrected chi connectivity index (χ2v) is 5.93. The lowest BCUT2D eigenvalue weighted by Gasteiger charge is -2.30. The SMILES string of the molecule is CN=C(NCCCOCCOC)NCC(OC)C(C)(C)C. The van der Waals surface area contributed by atoms with Crippen LogP contribution in [0.3, 0.4) is 0 Å². The molecule has 0 fully saturated rings. The summed E-state index contributed by atoms with van der Waals surface area (Å²) in [4.78, 5) is 4.20. The van der Waals surface area contributed by atoms with Gasteiger partial charge < -0.3 is 24.8 Å². The van der Waals surface area contributed by atoms with Gasteiger partial charge in [0.15, 0.2) is 5.96 Å². The van der Waals surface area contributed by atoms with Crippen LogP contribution in [0.15, 0.2) is 4.99 Å². The fourth-order valence-corrected chi connectivity index (χ4v) is 1.78. The smallest absolute Gasteiger partial charge is 0.191 e. The Labute approximate surface area is 129 Å². The van der Waals surface area contributed by atoms with E-state index in [9.17, 15) is 0 Å². The molecule has 1 unspecified atom stereocenters. The zero-order valence-electron chi connectivity index (χ0n) is 14.5. The van der Waals surface area contributed by atoms with Crippen molar-refractivity contribution in [2.24, 2.45) is 10.4 Å². The first-order valence-electron chi connectivity index (χ1n) is 7.49. The predicted octanol–water partition coefficient (Wildman–Crippen LogP) is 1.27. The maximum Gasteiger partial charge on any atom is 0.191 e. The Morgan fingerprint density at radius 1 is 1.10 bits per heavy atom. The molecule has 0 radical (unpaired) electrons. The highest BCUT2D eigenvalue weighted by Gasteiger charge is 2.24. The van der Waals surface area contributed by atoms with Crippen LogP contribution >= 0.6 is 0 Å². The first-order chi connectivity index (χ1) is 9.95. The van der Waals surface area contributed by atoms with Crippen molar-refractivity contribution in [2.45, 2.75) is 33.3 Å². The van der Waals surface area contributed by atoms with Crippen LogP contribution in [0.5, 0.6) is 0 Å². The van der Waals surface area contributed by atoms with Gasteiger partial charge in [-0.2, -0.15) is 0 Å². The Kier molecular flexibility index (Phi) is 11.3. The average molecular weight is 303 g/mol. The third-order valence-electron chi connectivity index (χ3n) is 3.12. The molecule has 21 heavy (non-hydrogen) atoms. The van der Waals surface area contributed by atoms with E-state index in [-0.39, 0.29) is 11.5 Å². The minimum Gasteiger partial charge on any atom is -0.382 e. The molecule has 0 heterocycles. The molecule has 0 saturated heterocycles. The van der Waals surface area contributed by atoms with E-state index >= 15 is 0 Å². The first-order valence-corrected chi connectivity index (χ1v) is 7.49. The molecular weight excluding hydrogens is 270 g/mol. The van der Waals surface area contributed by atoms with E-state index in [1.54, 1.807) is 21.3 Å². The van der Waals surface area contributed by atoms with E-state index in [1.165, 1.54) is 0 Å². The minimum absolute atomic E-state index is 0.0930. The lowest BCUT2D eigenvalue weighted by molar-refractivity contribution is 0.0205. The lowest BCUT2D eigenvalue weighted by atomic mass is 9.89. The Morgan fingerprint density at radius 2 is 1.81 bits per heavy atom. The van der Waals surface area contributed by atoms with Crippen LogP contribution in [-0.4, -0.2) is 66.2 Å². The maximum absolute atomic E-state index is 5.51. The van der Waals surface area contributed by atoms with E-state index in [4.69, 9.17) is 14.2 Å². The Morgan fingerprint density at radius 3 is 2.33 bits per heavy atom. The molecule has 0 aliphatic carbocycles. The van der Waals surface area contributed by atoms with Crippen LogP contribution in [0.2, 0.25) is 0 Å². The molecule has 6 nitrogen and oxygen atoms in total. The van der Waals surface area contributed by atoms with Gasteiger partial charge in [0.2, 0.25) is 0 Å². The monoisotopic (exact) mass is 303 g/mol. The van der Waals surface area contributed by atoms with Crippen molar-refractivity contribution in [3.05, 3.63) is 0 Å². The summed E-state index contributed by atoms with van der Waals surface area (Å²) in [6, 6.07) is 0. The van der Waals surface area contributed by atoms with Gasteiger partial charge in [-0.05, 0) is 11.8 Å². The molecule has 126 valence electrons. The molecule has 0 aromatic carbocycles. The van der Waals surface area contributed by atoms with Gasteiger partial charge in [0, 0.05) is 41.0 Å². The molecule has 6 heteroatoms. The van der Waals surface area contributed by atoms with Crippen LogP contribution in [0.25, 0.3) is 0 Å². The lowest BCUT2D eigenvalue weighted by Crippen LogP contribution is -2.45. The topological polar surface area (TPSA) is 64.1 Å². The van der Waals surface area contributed by atoms with E-state index in [2.05, 4.69) is 36.4 Å². The van der Waals surface area contributed by atoms with Crippen LogP contribution in [0.4, 0.5) is 0 Å². The number of hydrogen-bond acceptors (Lipinski definition) is 4. The highest BCUT2D eigenvalue weighted by Crippen LogP contribution is 2.20. The molecule has 0 rings (SSSR count). The summed E-state index contributed by atoms with van der Waals surface area (Å²) in [7, 11) is 5.18. The second-order valence-electron chi connectivity index (χ2n) is 5.93. The summed E-state index contributed by atoms with van der Waals surface area (Å²) >= 11 is 0. The summed E-state index contributed by atoms with van der Waals surface area (Å²) in [6.45, 7) is 10.0. The number of nitrogens with zero attached hydrogens (tertiary/aromatic N) is 1. The Bertz CT molecular complexity index is 278. The summed E-state index contributed by atoms with van der Waals surface area (Å²) < 4.78 is 15.8. The third kappa shape index (κ3) is 10.5. The van der Waals surface area contributed by atoms with Crippen molar-refractivity contribution in [3.8, 4) is 0 Å². The predicted molar refractivity (Wildman–Crippen MR) is 86.9 cm³/mol.